The van der Waals surface area contributed by atoms with Crippen molar-refractivity contribution in [3.05, 3.63) is 6.42 Å². The molecule has 0 bridgehead atoms. The van der Waals surface area contributed by atoms with Gasteiger partial charge in [-0.25, -0.2) is 0 Å². The Bertz CT molecular complexity index is 103. The summed E-state index contributed by atoms with van der Waals surface area (Å²) in [5.41, 5.74) is 0. The van der Waals surface area contributed by atoms with E-state index in [4.69, 9.17) is 0 Å². The Kier molecular flexibility index (Phi) is 4.25. The van der Waals surface area contributed by atoms with E-state index in [1.807, 2.05) is 6.29 Å². The molecule has 0 heterocycles. The second kappa shape index (κ2) is 5.34. The summed E-state index contributed by atoms with van der Waals surface area (Å²) in [6, 6.07) is 0. The van der Waals surface area contributed by atoms with E-state index in [2.05, 4.69) is 6.42 Å². The molecule has 1 heteroatoms. The second-order valence-electron chi connectivity index (χ2n) is 3.36. The molecule has 0 N–H and O–H groups in total. The maximum Gasteiger partial charge on any atom is 0.198 e. The van der Waals surface area contributed by atoms with E-state index in [1.54, 1.807) is 0 Å². The zero-order chi connectivity index (χ0) is 7.94. The molecule has 0 aromatic rings. The van der Waals surface area contributed by atoms with Crippen LogP contribution in [0.4, 0.5) is 0 Å². The predicted molar refractivity (Wildman–Crippen MR) is 45.8 cm³/mol. The molecule has 0 amide bonds. The van der Waals surface area contributed by atoms with Crippen molar-refractivity contribution < 1.29 is 4.79 Å². The van der Waals surface area contributed by atoms with Gasteiger partial charge in [0.25, 0.3) is 0 Å². The van der Waals surface area contributed by atoms with Crippen LogP contribution in [0, 0.1) is 12.3 Å². The van der Waals surface area contributed by atoms with Gasteiger partial charge < -0.3 is 0 Å². The highest BCUT2D eigenvalue weighted by atomic mass is 16.1. The van der Waals surface area contributed by atoms with E-state index in [9.17, 15) is 4.79 Å². The normalized spacial score (nSPS) is 18.9. The third-order valence-corrected chi connectivity index (χ3v) is 2.43. The summed E-state index contributed by atoms with van der Waals surface area (Å²) in [5, 5.41) is 0. The molecule has 1 fully saturated rings. The number of rotatable bonds is 5. The van der Waals surface area contributed by atoms with Crippen molar-refractivity contribution in [1.29, 1.82) is 0 Å². The molecule has 1 saturated carbocycles. The fourth-order valence-electron chi connectivity index (χ4n) is 1.76. The first-order valence-corrected chi connectivity index (χ1v) is 4.60. The Hall–Kier alpha value is -0.330. The Balaban J connectivity index is 1.89. The van der Waals surface area contributed by atoms with Crippen molar-refractivity contribution >= 4 is 6.29 Å². The van der Waals surface area contributed by atoms with Crippen LogP contribution in [0.5, 0.6) is 0 Å². The minimum absolute atomic E-state index is 0.590. The lowest BCUT2D eigenvalue weighted by Crippen LogP contribution is -1.93. The quantitative estimate of drug-likeness (QED) is 0.553. The molecular formula is C10H16O. The smallest absolute Gasteiger partial charge is 0.198 e. The van der Waals surface area contributed by atoms with Crippen LogP contribution in [0.15, 0.2) is 0 Å². The highest BCUT2D eigenvalue weighted by molar-refractivity contribution is 5.50. The average molecular weight is 152 g/mol. The summed E-state index contributed by atoms with van der Waals surface area (Å²) in [5.74, 6) is 0.932. The lowest BCUT2D eigenvalue weighted by Gasteiger charge is -2.05. The SMILES string of the molecule is O=[C]CC[CH]CC1CCCC1. The first-order valence-electron chi connectivity index (χ1n) is 4.60. The molecule has 0 aliphatic heterocycles. The zero-order valence-electron chi connectivity index (χ0n) is 7.01. The third kappa shape index (κ3) is 3.54. The summed E-state index contributed by atoms with van der Waals surface area (Å²) >= 11 is 0. The summed E-state index contributed by atoms with van der Waals surface area (Å²) in [6.07, 6.45) is 12.5. The molecule has 0 atom stereocenters. The maximum absolute atomic E-state index is 9.86. The first kappa shape index (κ1) is 8.76. The van der Waals surface area contributed by atoms with Crippen molar-refractivity contribution in [3.63, 3.8) is 0 Å². The van der Waals surface area contributed by atoms with Gasteiger partial charge in [-0.05, 0) is 25.2 Å². The molecule has 11 heavy (non-hydrogen) atoms. The monoisotopic (exact) mass is 152 g/mol. The maximum atomic E-state index is 9.86. The molecule has 1 nitrogen and oxygen atoms in total. The number of carbonyl (C=O) groups excluding carboxylic acids is 1. The second-order valence-corrected chi connectivity index (χ2v) is 3.36. The van der Waals surface area contributed by atoms with Gasteiger partial charge in [-0.15, -0.1) is 0 Å². The van der Waals surface area contributed by atoms with Crippen molar-refractivity contribution in [1.82, 2.24) is 0 Å². The van der Waals surface area contributed by atoms with Crippen LogP contribution in [0.1, 0.15) is 44.9 Å². The first-order chi connectivity index (χ1) is 5.43. The molecule has 0 saturated heterocycles. The van der Waals surface area contributed by atoms with E-state index >= 15 is 0 Å². The summed E-state index contributed by atoms with van der Waals surface area (Å²) < 4.78 is 0. The Morgan fingerprint density at radius 3 is 2.73 bits per heavy atom. The average Bonchev–Trinajstić information content (AvgIpc) is 2.50. The van der Waals surface area contributed by atoms with Crippen LogP contribution in [0.2, 0.25) is 0 Å². The molecule has 1 rings (SSSR count). The molecular weight excluding hydrogens is 136 g/mol. The standard InChI is InChI=1S/C10H16O/c11-9-5-1-2-6-10-7-3-4-8-10/h2,10H,1,3-8H2. The Morgan fingerprint density at radius 1 is 1.36 bits per heavy atom. The van der Waals surface area contributed by atoms with Crippen molar-refractivity contribution in [3.8, 4) is 0 Å². The fourth-order valence-corrected chi connectivity index (χ4v) is 1.76. The van der Waals surface area contributed by atoms with Crippen LogP contribution in [-0.4, -0.2) is 6.29 Å². The molecule has 62 valence electrons. The minimum atomic E-state index is 0.590. The van der Waals surface area contributed by atoms with Gasteiger partial charge in [0.2, 0.25) is 0 Å². The van der Waals surface area contributed by atoms with Gasteiger partial charge in [0.05, 0.1) is 0 Å². The molecule has 1 aliphatic carbocycles. The molecule has 0 aromatic carbocycles. The van der Waals surface area contributed by atoms with Gasteiger partial charge >= 0.3 is 0 Å². The molecule has 0 aromatic heterocycles. The van der Waals surface area contributed by atoms with Crippen molar-refractivity contribution in [2.75, 3.05) is 0 Å². The zero-order valence-corrected chi connectivity index (χ0v) is 7.01. The van der Waals surface area contributed by atoms with Gasteiger partial charge in [0.15, 0.2) is 6.29 Å². The van der Waals surface area contributed by atoms with Gasteiger partial charge in [-0.3, -0.25) is 4.79 Å². The molecule has 2 radical (unpaired) electrons. The van der Waals surface area contributed by atoms with Crippen LogP contribution in [0.25, 0.3) is 0 Å². The minimum Gasteiger partial charge on any atom is -0.291 e. The third-order valence-electron chi connectivity index (χ3n) is 2.43. The van der Waals surface area contributed by atoms with E-state index in [0.717, 1.165) is 12.3 Å². The van der Waals surface area contributed by atoms with Crippen LogP contribution in [-0.2, 0) is 4.79 Å². The van der Waals surface area contributed by atoms with Crippen LogP contribution >= 0.6 is 0 Å². The lowest BCUT2D eigenvalue weighted by atomic mass is 10.0. The Morgan fingerprint density at radius 2 is 2.09 bits per heavy atom. The summed E-state index contributed by atoms with van der Waals surface area (Å²) in [4.78, 5) is 9.86. The lowest BCUT2D eigenvalue weighted by molar-refractivity contribution is 0.525. The van der Waals surface area contributed by atoms with Crippen LogP contribution < -0.4 is 0 Å². The molecule has 1 aliphatic rings. The molecule has 0 spiro atoms. The predicted octanol–water partition coefficient (Wildman–Crippen LogP) is 2.66. The summed E-state index contributed by atoms with van der Waals surface area (Å²) in [6.45, 7) is 0. The van der Waals surface area contributed by atoms with E-state index in [1.165, 1.54) is 32.1 Å². The van der Waals surface area contributed by atoms with Gasteiger partial charge in [-0.1, -0.05) is 25.7 Å². The Labute approximate surface area is 69.2 Å². The van der Waals surface area contributed by atoms with Gasteiger partial charge in [0.1, 0.15) is 0 Å². The van der Waals surface area contributed by atoms with Gasteiger partial charge in [-0.2, -0.15) is 0 Å². The topological polar surface area (TPSA) is 17.1 Å². The molecule has 0 unspecified atom stereocenters. The number of hydrogen-bond donors (Lipinski definition) is 0. The van der Waals surface area contributed by atoms with Crippen LogP contribution in [0.3, 0.4) is 0 Å². The van der Waals surface area contributed by atoms with Crippen molar-refractivity contribution in [2.45, 2.75) is 44.9 Å². The van der Waals surface area contributed by atoms with Gasteiger partial charge in [0, 0.05) is 6.42 Å². The van der Waals surface area contributed by atoms with E-state index in [0.29, 0.717) is 6.42 Å². The highest BCUT2D eigenvalue weighted by Crippen LogP contribution is 2.28. The van der Waals surface area contributed by atoms with E-state index in [-0.39, 0.29) is 0 Å². The number of hydrogen-bond acceptors (Lipinski definition) is 1. The largest absolute Gasteiger partial charge is 0.291 e. The van der Waals surface area contributed by atoms with E-state index < -0.39 is 0 Å². The fraction of sp³-hybridized carbons (Fsp3) is 0.800. The number of unbranched alkanes of at least 4 members (excludes halogenated alkanes) is 2. The highest BCUT2D eigenvalue weighted by Gasteiger charge is 2.13. The van der Waals surface area contributed by atoms with Crippen molar-refractivity contribution in [2.24, 2.45) is 5.92 Å². The summed E-state index contributed by atoms with van der Waals surface area (Å²) in [7, 11) is 0.